The summed E-state index contributed by atoms with van der Waals surface area (Å²) in [4.78, 5) is 50.8. The van der Waals surface area contributed by atoms with E-state index in [1.165, 1.54) is 45.3 Å². The van der Waals surface area contributed by atoms with Crippen molar-refractivity contribution in [2.24, 2.45) is 0 Å². The molecule has 43 heavy (non-hydrogen) atoms. The van der Waals surface area contributed by atoms with E-state index in [0.717, 1.165) is 26.1 Å². The van der Waals surface area contributed by atoms with Gasteiger partial charge in [0.05, 0.1) is 19.5 Å². The zero-order valence-electron chi connectivity index (χ0n) is 24.6. The van der Waals surface area contributed by atoms with Crippen molar-refractivity contribution in [3.63, 3.8) is 0 Å². The van der Waals surface area contributed by atoms with Gasteiger partial charge in [-0.3, -0.25) is 19.2 Å². The number of halogens is 2. The molecule has 4 rings (SSSR count). The number of nitrogens with zero attached hydrogens (tertiary/aromatic N) is 1. The fourth-order valence-corrected chi connectivity index (χ4v) is 5.81. The summed E-state index contributed by atoms with van der Waals surface area (Å²) in [5.74, 6) is 0.738. The summed E-state index contributed by atoms with van der Waals surface area (Å²) in [7, 11) is 3.80. The van der Waals surface area contributed by atoms with Gasteiger partial charge >= 0.3 is 0 Å². The SMILES string of the molecule is C=C.CC(=O)c1cccs1.CN(CCC(=O)c1cccs1)CCC(=O)c1cccs1.CNCCC(=O)c1cccs1.Cl.Cl. The zero-order valence-corrected chi connectivity index (χ0v) is 29.5. The van der Waals surface area contributed by atoms with Crippen LogP contribution in [0.15, 0.2) is 83.2 Å². The van der Waals surface area contributed by atoms with Crippen LogP contribution in [0.2, 0.25) is 0 Å². The summed E-state index contributed by atoms with van der Waals surface area (Å²) < 4.78 is 0. The summed E-state index contributed by atoms with van der Waals surface area (Å²) in [6.45, 7) is 9.71. The van der Waals surface area contributed by atoms with Crippen molar-refractivity contribution in [3.8, 4) is 0 Å². The van der Waals surface area contributed by atoms with Crippen LogP contribution in [0, 0.1) is 0 Å². The van der Waals surface area contributed by atoms with Crippen LogP contribution in [-0.2, 0) is 0 Å². The van der Waals surface area contributed by atoms with Gasteiger partial charge in [-0.1, -0.05) is 24.3 Å². The Kier molecular flexibility index (Phi) is 26.1. The van der Waals surface area contributed by atoms with Gasteiger partial charge in [-0.25, -0.2) is 0 Å². The van der Waals surface area contributed by atoms with Gasteiger partial charge in [-0.05, 0) is 66.8 Å². The second-order valence-corrected chi connectivity index (χ2v) is 12.2. The van der Waals surface area contributed by atoms with E-state index in [-0.39, 0.29) is 47.9 Å². The average Bonchev–Trinajstić information content (AvgIpc) is 3.82. The second kappa shape index (κ2) is 26.2. The van der Waals surface area contributed by atoms with Gasteiger partial charge in [-0.15, -0.1) is 83.3 Å². The van der Waals surface area contributed by atoms with Crippen molar-refractivity contribution in [2.75, 3.05) is 33.7 Å². The minimum absolute atomic E-state index is 0. The average molecular weight is 704 g/mol. The van der Waals surface area contributed by atoms with E-state index in [0.29, 0.717) is 32.4 Å². The maximum absolute atomic E-state index is 11.9. The lowest BCUT2D eigenvalue weighted by molar-refractivity contribution is 0.0955. The zero-order chi connectivity index (χ0) is 30.5. The number of nitrogens with one attached hydrogen (secondary N) is 1. The Hall–Kier alpha value is -2.28. The number of hydrogen-bond donors (Lipinski definition) is 1. The van der Waals surface area contributed by atoms with E-state index >= 15 is 0 Å². The molecule has 0 atom stereocenters. The van der Waals surface area contributed by atoms with Gasteiger partial charge in [0.1, 0.15) is 0 Å². The molecule has 4 aromatic rings. The molecule has 0 saturated carbocycles. The van der Waals surface area contributed by atoms with Crippen LogP contribution < -0.4 is 5.32 Å². The Labute approximate surface area is 283 Å². The molecule has 0 saturated heterocycles. The predicted octanol–water partition coefficient (Wildman–Crippen LogP) is 8.72. The minimum Gasteiger partial charge on any atom is -0.319 e. The van der Waals surface area contributed by atoms with Gasteiger partial charge in [0.2, 0.25) is 0 Å². The Morgan fingerprint density at radius 1 is 0.651 bits per heavy atom. The highest BCUT2D eigenvalue weighted by atomic mass is 35.5. The molecule has 0 bridgehead atoms. The maximum atomic E-state index is 11.9. The molecule has 0 unspecified atom stereocenters. The Morgan fingerprint density at radius 2 is 0.977 bits per heavy atom. The van der Waals surface area contributed by atoms with Crippen molar-refractivity contribution >= 4 is 93.3 Å². The summed E-state index contributed by atoms with van der Waals surface area (Å²) in [6, 6.07) is 15.0. The molecule has 0 radical (unpaired) electrons. The number of ketones is 4. The molecule has 6 nitrogen and oxygen atoms in total. The van der Waals surface area contributed by atoms with Gasteiger partial charge in [-0.2, -0.15) is 0 Å². The van der Waals surface area contributed by atoms with E-state index < -0.39 is 0 Å². The predicted molar refractivity (Wildman–Crippen MR) is 191 cm³/mol. The lowest BCUT2D eigenvalue weighted by atomic mass is 10.2. The van der Waals surface area contributed by atoms with E-state index in [2.05, 4.69) is 18.5 Å². The highest BCUT2D eigenvalue weighted by Crippen LogP contribution is 2.13. The van der Waals surface area contributed by atoms with Crippen LogP contribution in [0.5, 0.6) is 0 Å². The Morgan fingerprint density at radius 3 is 1.23 bits per heavy atom. The third kappa shape index (κ3) is 18.2. The Balaban J connectivity index is 0. The van der Waals surface area contributed by atoms with Crippen LogP contribution >= 0.6 is 70.2 Å². The van der Waals surface area contributed by atoms with Gasteiger partial charge in [0.25, 0.3) is 0 Å². The number of carbonyl (C=O) groups excluding carboxylic acids is 4. The van der Waals surface area contributed by atoms with Crippen LogP contribution in [0.3, 0.4) is 0 Å². The summed E-state index contributed by atoms with van der Waals surface area (Å²) in [5, 5.41) is 10.6. The molecule has 0 aromatic carbocycles. The first-order valence-corrected chi connectivity index (χ1v) is 16.4. The van der Waals surface area contributed by atoms with E-state index in [1.54, 1.807) is 6.92 Å². The summed E-state index contributed by atoms with van der Waals surface area (Å²) >= 11 is 5.94. The van der Waals surface area contributed by atoms with Crippen molar-refractivity contribution in [3.05, 3.63) is 103 Å². The van der Waals surface area contributed by atoms with Crippen LogP contribution in [-0.4, -0.2) is 61.8 Å². The molecule has 0 aliphatic heterocycles. The highest BCUT2D eigenvalue weighted by Gasteiger charge is 2.11. The lowest BCUT2D eigenvalue weighted by Crippen LogP contribution is -2.24. The summed E-state index contributed by atoms with van der Waals surface area (Å²) in [5.41, 5.74) is 0. The quantitative estimate of drug-likeness (QED) is 0.111. The molecule has 0 aliphatic rings. The number of carbonyl (C=O) groups is 4. The van der Waals surface area contributed by atoms with E-state index in [9.17, 15) is 19.2 Å². The minimum atomic E-state index is 0. The van der Waals surface area contributed by atoms with E-state index in [4.69, 9.17) is 0 Å². The normalized spacial score (nSPS) is 9.40. The first-order chi connectivity index (χ1) is 19.8. The van der Waals surface area contributed by atoms with Crippen LogP contribution in [0.25, 0.3) is 0 Å². The summed E-state index contributed by atoms with van der Waals surface area (Å²) in [6.07, 6.45) is 1.60. The number of thiophene rings is 4. The molecule has 236 valence electrons. The van der Waals surface area contributed by atoms with Gasteiger partial charge < -0.3 is 10.2 Å². The van der Waals surface area contributed by atoms with Crippen molar-refractivity contribution in [2.45, 2.75) is 26.2 Å². The molecule has 4 aromatic heterocycles. The molecule has 1 N–H and O–H groups in total. The molecule has 0 spiro atoms. The molecular formula is C31H40Cl2N2O4S4. The second-order valence-electron chi connectivity index (χ2n) is 8.39. The monoisotopic (exact) mass is 702 g/mol. The third-order valence-corrected chi connectivity index (χ3v) is 9.00. The number of hydrogen-bond acceptors (Lipinski definition) is 10. The smallest absolute Gasteiger partial charge is 0.174 e. The van der Waals surface area contributed by atoms with Gasteiger partial charge in [0.15, 0.2) is 23.1 Å². The van der Waals surface area contributed by atoms with Gasteiger partial charge in [0, 0.05) is 38.9 Å². The van der Waals surface area contributed by atoms with Crippen molar-refractivity contribution in [1.82, 2.24) is 10.2 Å². The third-order valence-electron chi connectivity index (χ3n) is 5.30. The fraction of sp³-hybridized carbons (Fsp3) is 0.290. The Bertz CT molecular complexity index is 1210. The molecule has 0 aliphatic carbocycles. The molecule has 4 heterocycles. The first kappa shape index (κ1) is 42.9. The maximum Gasteiger partial charge on any atom is 0.174 e. The topological polar surface area (TPSA) is 83.6 Å². The molecule has 0 fully saturated rings. The first-order valence-electron chi connectivity index (χ1n) is 12.9. The largest absolute Gasteiger partial charge is 0.319 e. The molecular weight excluding hydrogens is 664 g/mol. The van der Waals surface area contributed by atoms with Crippen molar-refractivity contribution < 1.29 is 19.2 Å². The number of Topliss-reactive ketones (excluding diaryl/α,β-unsaturated/α-hetero) is 4. The van der Waals surface area contributed by atoms with Crippen LogP contribution in [0.4, 0.5) is 0 Å². The highest BCUT2D eigenvalue weighted by molar-refractivity contribution is 7.13. The molecule has 12 heteroatoms. The van der Waals surface area contributed by atoms with Crippen LogP contribution in [0.1, 0.15) is 64.9 Å². The number of rotatable bonds is 13. The van der Waals surface area contributed by atoms with Crippen molar-refractivity contribution in [1.29, 1.82) is 0 Å². The molecule has 0 amide bonds. The standard InChI is InChI=1S/C15H17NO2S2.C8H11NOS.C6H6OS.C2H4.2ClH/c1-16(8-6-12(17)14-4-2-10-19-14)9-7-13(18)15-5-3-11-20-15;1-9-5-4-7(10)8-3-2-6-11-8;1-5(7)6-3-2-4-8-6;1-2;;/h2-5,10-11H,6-9H2,1H3;2-3,6,9H,4-5H2,1H3;2-4H,1H3;1-2H2;2*1H. The van der Waals surface area contributed by atoms with E-state index in [1.807, 2.05) is 89.0 Å². The lowest BCUT2D eigenvalue weighted by Gasteiger charge is -2.14. The fourth-order valence-electron chi connectivity index (χ4n) is 3.10.